The molecular weight excluding hydrogens is 397 g/mol. The number of carbonyl (C=O) groups excluding carboxylic acids is 2. The van der Waals surface area contributed by atoms with Crippen molar-refractivity contribution in [1.29, 1.82) is 0 Å². The number of carbonyl (C=O) groups is 2. The topological polar surface area (TPSA) is 71.1 Å². The zero-order valence-corrected chi connectivity index (χ0v) is 12.0. The van der Waals surface area contributed by atoms with Crippen molar-refractivity contribution < 1.29 is 9.59 Å². The Morgan fingerprint density at radius 1 is 1.60 bits per heavy atom. The second-order valence-corrected chi connectivity index (χ2v) is 6.13. The highest BCUT2D eigenvalue weighted by Crippen LogP contribution is 2.18. The molecular formula is C7H7BrIN3O2S. The summed E-state index contributed by atoms with van der Waals surface area (Å²) in [6.07, 6.45) is 1.91. The van der Waals surface area contributed by atoms with Crippen LogP contribution in [0.3, 0.4) is 0 Å². The number of aromatic nitrogens is 1. The number of halogens is 2. The van der Waals surface area contributed by atoms with Gasteiger partial charge in [0.2, 0.25) is 5.91 Å². The van der Waals surface area contributed by atoms with Gasteiger partial charge >= 0.3 is 6.03 Å². The van der Waals surface area contributed by atoms with Crippen molar-refractivity contribution >= 4 is 66.9 Å². The SMILES string of the molecule is O=C(CCBr)NC(=O)Nc1ncc(I)s1. The Morgan fingerprint density at radius 2 is 2.33 bits per heavy atom. The molecule has 1 aromatic rings. The molecule has 0 bridgehead atoms. The molecule has 82 valence electrons. The molecule has 3 amide bonds. The summed E-state index contributed by atoms with van der Waals surface area (Å²) in [6, 6.07) is -0.549. The largest absolute Gasteiger partial charge is 0.327 e. The number of rotatable bonds is 3. The summed E-state index contributed by atoms with van der Waals surface area (Å²) in [4.78, 5) is 26.2. The molecule has 0 radical (unpaired) electrons. The summed E-state index contributed by atoms with van der Waals surface area (Å²) in [6.45, 7) is 0. The van der Waals surface area contributed by atoms with Gasteiger partial charge in [-0.1, -0.05) is 27.3 Å². The van der Waals surface area contributed by atoms with Gasteiger partial charge in [0, 0.05) is 11.8 Å². The first-order chi connectivity index (χ1) is 7.11. The van der Waals surface area contributed by atoms with Gasteiger partial charge in [-0.2, -0.15) is 0 Å². The van der Waals surface area contributed by atoms with Gasteiger partial charge in [-0.05, 0) is 22.6 Å². The molecule has 0 unspecified atom stereocenters. The van der Waals surface area contributed by atoms with Crippen LogP contribution in [-0.4, -0.2) is 22.3 Å². The molecule has 1 rings (SSSR count). The van der Waals surface area contributed by atoms with Crippen LogP contribution in [0.25, 0.3) is 0 Å². The Kier molecular flexibility index (Phi) is 5.47. The molecule has 0 saturated carbocycles. The van der Waals surface area contributed by atoms with Crippen molar-refractivity contribution in [3.8, 4) is 0 Å². The lowest BCUT2D eigenvalue weighted by atomic mass is 10.5. The lowest BCUT2D eigenvalue weighted by Crippen LogP contribution is -2.34. The van der Waals surface area contributed by atoms with Crippen LogP contribution in [0.1, 0.15) is 6.42 Å². The van der Waals surface area contributed by atoms with E-state index in [0.29, 0.717) is 10.5 Å². The summed E-state index contributed by atoms with van der Waals surface area (Å²) < 4.78 is 0.967. The molecule has 8 heteroatoms. The van der Waals surface area contributed by atoms with Gasteiger partial charge in [0.05, 0.1) is 9.08 Å². The van der Waals surface area contributed by atoms with Gasteiger partial charge in [0.1, 0.15) is 0 Å². The van der Waals surface area contributed by atoms with Gasteiger partial charge in [-0.3, -0.25) is 15.4 Å². The fraction of sp³-hybridized carbons (Fsp3) is 0.286. The second-order valence-electron chi connectivity index (χ2n) is 2.41. The number of anilines is 1. The van der Waals surface area contributed by atoms with Crippen LogP contribution in [0.4, 0.5) is 9.93 Å². The molecule has 15 heavy (non-hydrogen) atoms. The highest BCUT2D eigenvalue weighted by Gasteiger charge is 2.08. The number of nitrogens with zero attached hydrogens (tertiary/aromatic N) is 1. The summed E-state index contributed by atoms with van der Waals surface area (Å²) in [5.74, 6) is -0.323. The van der Waals surface area contributed by atoms with E-state index in [2.05, 4.69) is 54.1 Å². The van der Waals surface area contributed by atoms with E-state index in [-0.39, 0.29) is 12.3 Å². The predicted octanol–water partition coefficient (Wildman–Crippen LogP) is 2.18. The lowest BCUT2D eigenvalue weighted by molar-refractivity contribution is -0.119. The van der Waals surface area contributed by atoms with E-state index in [0.717, 1.165) is 2.88 Å². The third kappa shape index (κ3) is 4.89. The van der Waals surface area contributed by atoms with Crippen LogP contribution < -0.4 is 10.6 Å². The molecule has 1 heterocycles. The molecule has 0 fully saturated rings. The third-order valence-corrected chi connectivity index (χ3v) is 3.31. The summed E-state index contributed by atoms with van der Waals surface area (Å²) in [7, 11) is 0. The van der Waals surface area contributed by atoms with Gasteiger partial charge < -0.3 is 0 Å². The predicted molar refractivity (Wildman–Crippen MR) is 70.4 cm³/mol. The van der Waals surface area contributed by atoms with Crippen LogP contribution in [0.2, 0.25) is 0 Å². The van der Waals surface area contributed by atoms with Crippen molar-refractivity contribution in [2.45, 2.75) is 6.42 Å². The van der Waals surface area contributed by atoms with Crippen molar-refractivity contribution in [3.05, 3.63) is 9.08 Å². The highest BCUT2D eigenvalue weighted by atomic mass is 127. The van der Waals surface area contributed by atoms with Crippen molar-refractivity contribution in [1.82, 2.24) is 10.3 Å². The summed E-state index contributed by atoms with van der Waals surface area (Å²) in [5.41, 5.74) is 0. The normalized spacial score (nSPS) is 9.73. The van der Waals surface area contributed by atoms with E-state index in [9.17, 15) is 9.59 Å². The Morgan fingerprint density at radius 3 is 2.87 bits per heavy atom. The number of amides is 3. The molecule has 1 aromatic heterocycles. The average molecular weight is 404 g/mol. The number of thiazole rings is 1. The van der Waals surface area contributed by atoms with Crippen LogP contribution in [0, 0.1) is 2.88 Å². The molecule has 0 aliphatic rings. The lowest BCUT2D eigenvalue weighted by Gasteiger charge is -2.02. The van der Waals surface area contributed by atoms with Gasteiger partial charge in [-0.25, -0.2) is 9.78 Å². The van der Waals surface area contributed by atoms with E-state index in [1.54, 1.807) is 6.20 Å². The zero-order valence-electron chi connectivity index (χ0n) is 7.42. The van der Waals surface area contributed by atoms with Gasteiger partial charge in [0.15, 0.2) is 5.13 Å². The molecule has 0 spiro atoms. The Hall–Kier alpha value is -0.220. The van der Waals surface area contributed by atoms with E-state index < -0.39 is 6.03 Å². The van der Waals surface area contributed by atoms with E-state index in [4.69, 9.17) is 0 Å². The summed E-state index contributed by atoms with van der Waals surface area (Å²) >= 11 is 6.54. The first kappa shape index (κ1) is 12.8. The fourth-order valence-corrected chi connectivity index (χ4v) is 2.38. The minimum absolute atomic E-state index is 0.267. The number of nitrogens with one attached hydrogen (secondary N) is 2. The smallest absolute Gasteiger partial charge is 0.283 e. The number of imide groups is 1. The van der Waals surface area contributed by atoms with Gasteiger partial charge in [-0.15, -0.1) is 0 Å². The number of urea groups is 1. The van der Waals surface area contributed by atoms with Gasteiger partial charge in [0.25, 0.3) is 0 Å². The van der Waals surface area contributed by atoms with Crippen LogP contribution in [0.5, 0.6) is 0 Å². The number of hydrogen-bond acceptors (Lipinski definition) is 4. The molecule has 2 N–H and O–H groups in total. The molecule has 0 atom stereocenters. The van der Waals surface area contributed by atoms with Crippen molar-refractivity contribution in [2.24, 2.45) is 0 Å². The minimum Gasteiger partial charge on any atom is -0.283 e. The maximum atomic E-state index is 11.2. The molecule has 0 aromatic carbocycles. The maximum Gasteiger partial charge on any atom is 0.327 e. The highest BCUT2D eigenvalue weighted by molar-refractivity contribution is 14.1. The fourth-order valence-electron chi connectivity index (χ4n) is 0.716. The van der Waals surface area contributed by atoms with Crippen molar-refractivity contribution in [2.75, 3.05) is 10.6 Å². The zero-order chi connectivity index (χ0) is 11.3. The average Bonchev–Trinajstić information content (AvgIpc) is 2.51. The van der Waals surface area contributed by atoms with E-state index in [1.165, 1.54) is 11.3 Å². The van der Waals surface area contributed by atoms with Crippen LogP contribution in [0.15, 0.2) is 6.20 Å². The maximum absolute atomic E-state index is 11.2. The number of hydrogen-bond donors (Lipinski definition) is 2. The van der Waals surface area contributed by atoms with Crippen molar-refractivity contribution in [3.63, 3.8) is 0 Å². The van der Waals surface area contributed by atoms with Crippen LogP contribution in [-0.2, 0) is 4.79 Å². The Labute approximate surface area is 112 Å². The summed E-state index contributed by atoms with van der Waals surface area (Å²) in [5, 5.41) is 5.66. The first-order valence-corrected chi connectivity index (χ1v) is 6.91. The quantitative estimate of drug-likeness (QED) is 0.600. The molecule has 0 aliphatic heterocycles. The van der Waals surface area contributed by atoms with Crippen LogP contribution >= 0.6 is 49.9 Å². The van der Waals surface area contributed by atoms with E-state index in [1.807, 2.05) is 0 Å². The standard InChI is InChI=1S/C7H7BrIN3O2S/c8-2-1-5(13)11-6(14)12-7-10-3-4(9)15-7/h3H,1-2H2,(H2,10,11,12,13,14). The molecule has 0 saturated heterocycles. The monoisotopic (exact) mass is 403 g/mol. The minimum atomic E-state index is -0.549. The first-order valence-electron chi connectivity index (χ1n) is 3.90. The Bertz CT molecular complexity index is 371. The molecule has 0 aliphatic carbocycles. The second kappa shape index (κ2) is 6.38. The Balaban J connectivity index is 2.39. The number of alkyl halides is 1. The molecule has 5 nitrogen and oxygen atoms in total. The third-order valence-electron chi connectivity index (χ3n) is 1.27. The van der Waals surface area contributed by atoms with E-state index >= 15 is 0 Å².